The maximum absolute atomic E-state index is 13.4. The lowest BCUT2D eigenvalue weighted by atomic mass is 9.99. The van der Waals surface area contributed by atoms with Crippen LogP contribution in [0.2, 0.25) is 0 Å². The average molecular weight is 469 g/mol. The highest BCUT2D eigenvalue weighted by Crippen LogP contribution is 2.35. The molecule has 0 saturated heterocycles. The number of aromatic nitrogens is 1. The van der Waals surface area contributed by atoms with Crippen LogP contribution in [0.5, 0.6) is 5.75 Å². The van der Waals surface area contributed by atoms with Crippen molar-refractivity contribution in [2.75, 3.05) is 32.1 Å². The molecule has 0 spiro atoms. The Hall–Kier alpha value is -3.01. The topological polar surface area (TPSA) is 104 Å². The van der Waals surface area contributed by atoms with Crippen molar-refractivity contribution in [2.24, 2.45) is 5.92 Å². The molecule has 3 atom stereocenters. The van der Waals surface area contributed by atoms with Gasteiger partial charge in [0.05, 0.1) is 34.1 Å². The number of benzene rings is 2. The fraction of sp³-hybridized carbons (Fsp3) is 0.375. The second-order valence-electron chi connectivity index (χ2n) is 8.30. The molecule has 0 saturated carbocycles. The summed E-state index contributed by atoms with van der Waals surface area (Å²) in [4.78, 5) is 32.6. The smallest absolute Gasteiger partial charge is 0.284 e. The zero-order valence-electron chi connectivity index (χ0n) is 18.9. The van der Waals surface area contributed by atoms with E-state index in [2.05, 4.69) is 15.6 Å². The van der Waals surface area contributed by atoms with Crippen molar-refractivity contribution in [3.05, 3.63) is 53.0 Å². The van der Waals surface area contributed by atoms with Crippen LogP contribution in [0.15, 0.2) is 42.5 Å². The number of carbonyl (C=O) groups excluding carboxylic acids is 2. The first-order valence-corrected chi connectivity index (χ1v) is 11.8. The minimum Gasteiger partial charge on any atom is -0.486 e. The van der Waals surface area contributed by atoms with Crippen LogP contribution in [0.1, 0.15) is 34.0 Å². The first kappa shape index (κ1) is 23.2. The zero-order chi connectivity index (χ0) is 23.5. The van der Waals surface area contributed by atoms with Gasteiger partial charge >= 0.3 is 0 Å². The number of aliphatic hydroxyl groups is 1. The molecular formula is C24H28N4O4S. The molecule has 8 nitrogen and oxygen atoms in total. The van der Waals surface area contributed by atoms with Crippen molar-refractivity contribution in [1.29, 1.82) is 0 Å². The third-order valence-corrected chi connectivity index (χ3v) is 6.87. The summed E-state index contributed by atoms with van der Waals surface area (Å²) < 4.78 is 7.27. The van der Waals surface area contributed by atoms with E-state index in [1.54, 1.807) is 23.1 Å². The molecule has 2 heterocycles. The Bertz CT molecular complexity index is 1130. The predicted molar refractivity (Wildman–Crippen MR) is 129 cm³/mol. The van der Waals surface area contributed by atoms with E-state index in [1.807, 2.05) is 45.2 Å². The third-order valence-electron chi connectivity index (χ3n) is 5.83. The number of amides is 2. The van der Waals surface area contributed by atoms with Gasteiger partial charge in [-0.15, -0.1) is 11.3 Å². The molecule has 2 aromatic carbocycles. The lowest BCUT2D eigenvalue weighted by Crippen LogP contribution is -2.49. The van der Waals surface area contributed by atoms with Crippen molar-refractivity contribution in [1.82, 2.24) is 15.2 Å². The van der Waals surface area contributed by atoms with E-state index >= 15 is 0 Å². The molecule has 3 N–H and O–H groups in total. The van der Waals surface area contributed by atoms with Crippen LogP contribution in [0.3, 0.4) is 0 Å². The van der Waals surface area contributed by atoms with Crippen LogP contribution in [-0.2, 0) is 0 Å². The Labute approximate surface area is 196 Å². The summed E-state index contributed by atoms with van der Waals surface area (Å²) >= 11 is 1.31. The molecule has 0 aliphatic carbocycles. The Kier molecular flexibility index (Phi) is 6.92. The number of ether oxygens (including phenoxy) is 1. The van der Waals surface area contributed by atoms with Gasteiger partial charge in [0.2, 0.25) is 0 Å². The van der Waals surface area contributed by atoms with E-state index in [1.165, 1.54) is 11.3 Å². The Morgan fingerprint density at radius 2 is 2.09 bits per heavy atom. The van der Waals surface area contributed by atoms with E-state index in [-0.39, 0.29) is 36.5 Å². The number of thiazole rings is 1. The van der Waals surface area contributed by atoms with E-state index in [0.29, 0.717) is 35.1 Å². The molecule has 1 aliphatic rings. The zero-order valence-corrected chi connectivity index (χ0v) is 19.7. The van der Waals surface area contributed by atoms with Crippen LogP contribution < -0.4 is 15.4 Å². The van der Waals surface area contributed by atoms with Crippen molar-refractivity contribution >= 4 is 39.1 Å². The Morgan fingerprint density at radius 3 is 2.82 bits per heavy atom. The number of carbonyl (C=O) groups is 2. The van der Waals surface area contributed by atoms with E-state index in [9.17, 15) is 14.7 Å². The molecular weight excluding hydrogens is 440 g/mol. The molecule has 0 radical (unpaired) electrons. The molecule has 1 aromatic heterocycles. The number of hydrogen-bond acceptors (Lipinski definition) is 7. The lowest BCUT2D eigenvalue weighted by Gasteiger charge is -2.37. The Morgan fingerprint density at radius 1 is 1.30 bits per heavy atom. The van der Waals surface area contributed by atoms with Crippen LogP contribution in [0, 0.1) is 5.92 Å². The van der Waals surface area contributed by atoms with Crippen LogP contribution in [0.25, 0.3) is 10.2 Å². The molecule has 33 heavy (non-hydrogen) atoms. The second-order valence-corrected chi connectivity index (χ2v) is 9.33. The minimum absolute atomic E-state index is 0.00318. The van der Waals surface area contributed by atoms with Gasteiger partial charge in [-0.05, 0) is 38.2 Å². The molecule has 0 bridgehead atoms. The number of hydrogen-bond donors (Lipinski definition) is 3. The summed E-state index contributed by atoms with van der Waals surface area (Å²) in [5.74, 6) is -0.269. The first-order valence-electron chi connectivity index (χ1n) is 11.0. The van der Waals surface area contributed by atoms with Crippen molar-refractivity contribution in [2.45, 2.75) is 26.0 Å². The van der Waals surface area contributed by atoms with Gasteiger partial charge in [0.15, 0.2) is 10.8 Å². The molecule has 0 unspecified atom stereocenters. The summed E-state index contributed by atoms with van der Waals surface area (Å²) in [6.45, 7) is 4.71. The van der Waals surface area contributed by atoms with Gasteiger partial charge in [-0.25, -0.2) is 4.98 Å². The van der Waals surface area contributed by atoms with Crippen LogP contribution in [-0.4, -0.2) is 65.7 Å². The normalized spacial score (nSPS) is 19.4. The van der Waals surface area contributed by atoms with Gasteiger partial charge in [0, 0.05) is 19.0 Å². The predicted octanol–water partition coefficient (Wildman–Crippen LogP) is 2.99. The molecule has 1 aliphatic heterocycles. The molecule has 4 rings (SSSR count). The number of aliphatic hydroxyl groups excluding tert-OH is 1. The monoisotopic (exact) mass is 468 g/mol. The summed E-state index contributed by atoms with van der Waals surface area (Å²) in [5, 5.41) is 16.1. The fourth-order valence-corrected chi connectivity index (χ4v) is 4.79. The van der Waals surface area contributed by atoms with Crippen LogP contribution >= 0.6 is 11.3 Å². The highest BCUT2D eigenvalue weighted by molar-refractivity contribution is 7.20. The average Bonchev–Trinajstić information content (AvgIpc) is 3.26. The second kappa shape index (κ2) is 9.86. The lowest BCUT2D eigenvalue weighted by molar-refractivity contribution is 0.0417. The number of anilines is 1. The maximum atomic E-state index is 13.4. The Balaban J connectivity index is 1.72. The van der Waals surface area contributed by atoms with Gasteiger partial charge in [-0.3, -0.25) is 9.59 Å². The SMILES string of the molecule is CNC[C@@H]1Oc2c(NC(=O)c3nc4ccccc4s3)cccc2C(=O)N([C@H](C)CO)C[C@H]1C. The van der Waals surface area contributed by atoms with E-state index < -0.39 is 0 Å². The van der Waals surface area contributed by atoms with Gasteiger partial charge in [0.1, 0.15) is 6.10 Å². The number of rotatable bonds is 6. The molecule has 3 aromatic rings. The van der Waals surface area contributed by atoms with E-state index in [4.69, 9.17) is 4.74 Å². The highest BCUT2D eigenvalue weighted by Gasteiger charge is 2.34. The largest absolute Gasteiger partial charge is 0.486 e. The fourth-order valence-electron chi connectivity index (χ4n) is 3.93. The quantitative estimate of drug-likeness (QED) is 0.514. The van der Waals surface area contributed by atoms with E-state index in [0.717, 1.165) is 10.2 Å². The number of nitrogens with one attached hydrogen (secondary N) is 2. The molecule has 0 fully saturated rings. The van der Waals surface area contributed by atoms with Crippen molar-refractivity contribution in [3.63, 3.8) is 0 Å². The maximum Gasteiger partial charge on any atom is 0.284 e. The molecule has 9 heteroatoms. The number of fused-ring (bicyclic) bond motifs is 2. The third kappa shape index (κ3) is 4.71. The number of nitrogens with zero attached hydrogens (tertiary/aromatic N) is 2. The van der Waals surface area contributed by atoms with Crippen molar-refractivity contribution in [3.8, 4) is 5.75 Å². The highest BCUT2D eigenvalue weighted by atomic mass is 32.1. The van der Waals surface area contributed by atoms with Gasteiger partial charge in [-0.1, -0.05) is 25.1 Å². The minimum atomic E-state index is -0.360. The summed E-state index contributed by atoms with van der Waals surface area (Å²) in [5.41, 5.74) is 1.53. The standard InChI is InChI=1S/C24H28N4O4S/c1-14-12-28(15(2)13-29)24(31)16-7-6-9-18(21(16)32-19(14)11-25-3)26-22(30)23-27-17-8-4-5-10-20(17)33-23/h4-10,14-15,19,25,29H,11-13H2,1-3H3,(H,26,30)/t14-,15-,19+/m1/s1. The summed E-state index contributed by atoms with van der Waals surface area (Å²) in [6.07, 6.45) is -0.240. The first-order chi connectivity index (χ1) is 15.9. The summed E-state index contributed by atoms with van der Waals surface area (Å²) in [7, 11) is 1.84. The number of likely N-dealkylation sites (N-methyl/N-ethyl adjacent to an activating group) is 1. The summed E-state index contributed by atoms with van der Waals surface area (Å²) in [6, 6.07) is 12.4. The molecule has 174 valence electrons. The van der Waals surface area contributed by atoms with Gasteiger partial charge < -0.3 is 25.4 Å². The van der Waals surface area contributed by atoms with Crippen molar-refractivity contribution < 1.29 is 19.4 Å². The van der Waals surface area contributed by atoms with Crippen LogP contribution in [0.4, 0.5) is 5.69 Å². The van der Waals surface area contributed by atoms with Gasteiger partial charge in [-0.2, -0.15) is 0 Å². The molecule has 2 amide bonds. The number of para-hydroxylation sites is 2. The van der Waals surface area contributed by atoms with Gasteiger partial charge in [0.25, 0.3) is 11.8 Å².